The third kappa shape index (κ3) is 3.66. The summed E-state index contributed by atoms with van der Waals surface area (Å²) in [4.78, 5) is 0. The van der Waals surface area contributed by atoms with E-state index in [2.05, 4.69) is 0 Å². The highest BCUT2D eigenvalue weighted by molar-refractivity contribution is 5.25. The predicted molar refractivity (Wildman–Crippen MR) is 71.7 cm³/mol. The molecule has 0 aromatic heterocycles. The van der Waals surface area contributed by atoms with Crippen LogP contribution in [0.15, 0.2) is 36.4 Å². The fourth-order valence-electron chi connectivity index (χ4n) is 1.43. The molecule has 0 heterocycles. The molecule has 2 heteroatoms. The van der Waals surface area contributed by atoms with Crippen LogP contribution in [-0.2, 0) is 0 Å². The number of rotatable bonds is 0. The molecule has 0 aliphatic rings. The van der Waals surface area contributed by atoms with E-state index in [0.29, 0.717) is 0 Å². The van der Waals surface area contributed by atoms with Gasteiger partial charge in [0.05, 0.1) is 0 Å². The molecule has 0 atom stereocenters. The van der Waals surface area contributed by atoms with Gasteiger partial charge >= 0.3 is 0 Å². The summed E-state index contributed by atoms with van der Waals surface area (Å²) in [7, 11) is 0. The molecular weight excluding hydrogens is 230 g/mol. The second-order valence-electron chi connectivity index (χ2n) is 4.36. The van der Waals surface area contributed by atoms with Crippen LogP contribution >= 0.6 is 0 Å². The fourth-order valence-corrected chi connectivity index (χ4v) is 1.43. The Kier molecular flexibility index (Phi) is 5.02. The molecule has 0 bridgehead atoms. The highest BCUT2D eigenvalue weighted by Crippen LogP contribution is 2.10. The van der Waals surface area contributed by atoms with Gasteiger partial charge in [-0.3, -0.25) is 0 Å². The van der Waals surface area contributed by atoms with E-state index in [0.717, 1.165) is 22.3 Å². The molecule has 96 valence electrons. The number of aryl methyl sites for hydroxylation is 2. The highest BCUT2D eigenvalue weighted by atomic mass is 19.1. The van der Waals surface area contributed by atoms with Crippen molar-refractivity contribution in [1.82, 2.24) is 0 Å². The zero-order valence-electron chi connectivity index (χ0n) is 11.2. The first-order chi connectivity index (χ1) is 8.43. The molecule has 2 aromatic rings. The molecule has 0 radical (unpaired) electrons. The molecular formula is C16H18F2. The summed E-state index contributed by atoms with van der Waals surface area (Å²) in [6.07, 6.45) is 0. The molecule has 2 rings (SSSR count). The molecule has 2 aromatic carbocycles. The third-order valence-electron chi connectivity index (χ3n) is 3.08. The zero-order chi connectivity index (χ0) is 13.7. The van der Waals surface area contributed by atoms with Gasteiger partial charge in [0.1, 0.15) is 11.6 Å². The van der Waals surface area contributed by atoms with Gasteiger partial charge in [0, 0.05) is 0 Å². The SMILES string of the molecule is Cc1cccc(F)c1C.Cc1cccc(F)c1C. The lowest BCUT2D eigenvalue weighted by Crippen LogP contribution is -1.83. The van der Waals surface area contributed by atoms with E-state index < -0.39 is 0 Å². The van der Waals surface area contributed by atoms with Gasteiger partial charge in [0.25, 0.3) is 0 Å². The molecule has 0 N–H and O–H groups in total. The summed E-state index contributed by atoms with van der Waals surface area (Å²) in [5.41, 5.74) is 3.51. The summed E-state index contributed by atoms with van der Waals surface area (Å²) >= 11 is 0. The minimum Gasteiger partial charge on any atom is -0.207 e. The number of benzene rings is 2. The van der Waals surface area contributed by atoms with Crippen molar-refractivity contribution in [3.05, 3.63) is 70.3 Å². The smallest absolute Gasteiger partial charge is 0.126 e. The maximum Gasteiger partial charge on any atom is 0.126 e. The van der Waals surface area contributed by atoms with Crippen molar-refractivity contribution >= 4 is 0 Å². The van der Waals surface area contributed by atoms with Crippen molar-refractivity contribution < 1.29 is 8.78 Å². The average molecular weight is 248 g/mol. The monoisotopic (exact) mass is 248 g/mol. The van der Waals surface area contributed by atoms with Crippen LogP contribution < -0.4 is 0 Å². The van der Waals surface area contributed by atoms with Gasteiger partial charge in [-0.15, -0.1) is 0 Å². The van der Waals surface area contributed by atoms with E-state index in [-0.39, 0.29) is 11.6 Å². The van der Waals surface area contributed by atoms with Crippen LogP contribution in [0.25, 0.3) is 0 Å². The maximum absolute atomic E-state index is 12.6. The highest BCUT2D eigenvalue weighted by Gasteiger charge is 1.96. The van der Waals surface area contributed by atoms with E-state index in [1.54, 1.807) is 26.0 Å². The third-order valence-corrected chi connectivity index (χ3v) is 3.08. The molecule has 0 spiro atoms. The van der Waals surface area contributed by atoms with Gasteiger partial charge in [-0.2, -0.15) is 0 Å². The Morgan fingerprint density at radius 3 is 1.17 bits per heavy atom. The largest absolute Gasteiger partial charge is 0.207 e. The van der Waals surface area contributed by atoms with E-state index in [4.69, 9.17) is 0 Å². The minimum absolute atomic E-state index is 0.116. The molecule has 0 saturated carbocycles. The molecule has 0 amide bonds. The lowest BCUT2D eigenvalue weighted by molar-refractivity contribution is 0.616. The quantitative estimate of drug-likeness (QED) is 0.623. The van der Waals surface area contributed by atoms with Gasteiger partial charge in [0.15, 0.2) is 0 Å². The Bertz CT molecular complexity index is 441. The van der Waals surface area contributed by atoms with Crippen molar-refractivity contribution in [3.63, 3.8) is 0 Å². The Balaban J connectivity index is 0.000000180. The molecule has 0 aliphatic heterocycles. The average Bonchev–Trinajstić information content (AvgIpc) is 2.34. The van der Waals surface area contributed by atoms with Gasteiger partial charge in [0.2, 0.25) is 0 Å². The fraction of sp³-hybridized carbons (Fsp3) is 0.250. The summed E-state index contributed by atoms with van der Waals surface area (Å²) in [6.45, 7) is 7.37. The van der Waals surface area contributed by atoms with Crippen LogP contribution in [0.1, 0.15) is 22.3 Å². The summed E-state index contributed by atoms with van der Waals surface area (Å²) in [5.74, 6) is -0.231. The Morgan fingerprint density at radius 2 is 0.944 bits per heavy atom. The van der Waals surface area contributed by atoms with Crippen LogP contribution in [0, 0.1) is 39.3 Å². The Morgan fingerprint density at radius 1 is 0.611 bits per heavy atom. The van der Waals surface area contributed by atoms with Crippen LogP contribution in [0.3, 0.4) is 0 Å². The first-order valence-electron chi connectivity index (χ1n) is 5.87. The summed E-state index contributed by atoms with van der Waals surface area (Å²) < 4.78 is 25.2. The zero-order valence-corrected chi connectivity index (χ0v) is 11.2. The van der Waals surface area contributed by atoms with Crippen LogP contribution in [0.2, 0.25) is 0 Å². The van der Waals surface area contributed by atoms with Gasteiger partial charge < -0.3 is 0 Å². The van der Waals surface area contributed by atoms with Crippen LogP contribution in [0.5, 0.6) is 0 Å². The topological polar surface area (TPSA) is 0 Å². The predicted octanol–water partition coefficient (Wildman–Crippen LogP) is 4.89. The Labute approximate surface area is 107 Å². The molecule has 0 unspecified atom stereocenters. The normalized spacial score (nSPS) is 9.67. The van der Waals surface area contributed by atoms with Crippen molar-refractivity contribution in [2.45, 2.75) is 27.7 Å². The second kappa shape index (κ2) is 6.29. The van der Waals surface area contributed by atoms with E-state index in [9.17, 15) is 8.78 Å². The van der Waals surface area contributed by atoms with Gasteiger partial charge in [-0.05, 0) is 62.1 Å². The summed E-state index contributed by atoms with van der Waals surface area (Å²) in [6, 6.07) is 10.2. The lowest BCUT2D eigenvalue weighted by Gasteiger charge is -1.97. The van der Waals surface area contributed by atoms with Crippen molar-refractivity contribution in [2.75, 3.05) is 0 Å². The number of hydrogen-bond donors (Lipinski definition) is 0. The molecule has 18 heavy (non-hydrogen) atoms. The van der Waals surface area contributed by atoms with Crippen LogP contribution in [0.4, 0.5) is 8.78 Å². The first kappa shape index (κ1) is 14.4. The Hall–Kier alpha value is -1.70. The standard InChI is InChI=1S/2C8H9F/c2*1-6-4-3-5-8(9)7(6)2/h2*3-5H,1-2H3. The van der Waals surface area contributed by atoms with E-state index in [1.807, 2.05) is 26.0 Å². The lowest BCUT2D eigenvalue weighted by atomic mass is 10.1. The van der Waals surface area contributed by atoms with Crippen molar-refractivity contribution in [3.8, 4) is 0 Å². The molecule has 0 fully saturated rings. The number of halogens is 2. The van der Waals surface area contributed by atoms with Crippen molar-refractivity contribution in [1.29, 1.82) is 0 Å². The molecule has 0 nitrogen and oxygen atoms in total. The minimum atomic E-state index is -0.116. The van der Waals surface area contributed by atoms with Gasteiger partial charge in [-0.1, -0.05) is 24.3 Å². The van der Waals surface area contributed by atoms with Crippen molar-refractivity contribution in [2.24, 2.45) is 0 Å². The van der Waals surface area contributed by atoms with Gasteiger partial charge in [-0.25, -0.2) is 8.78 Å². The maximum atomic E-state index is 12.6. The summed E-state index contributed by atoms with van der Waals surface area (Å²) in [5, 5.41) is 0. The number of hydrogen-bond acceptors (Lipinski definition) is 0. The first-order valence-corrected chi connectivity index (χ1v) is 5.87. The molecule has 0 saturated heterocycles. The second-order valence-corrected chi connectivity index (χ2v) is 4.36. The van der Waals surface area contributed by atoms with E-state index >= 15 is 0 Å². The van der Waals surface area contributed by atoms with Crippen LogP contribution in [-0.4, -0.2) is 0 Å². The molecule has 0 aliphatic carbocycles. The van der Waals surface area contributed by atoms with E-state index in [1.165, 1.54) is 12.1 Å².